The molecule has 0 spiro atoms. The average Bonchev–Trinajstić information content (AvgIpc) is 2.36. The van der Waals surface area contributed by atoms with Crippen molar-refractivity contribution in [3.05, 3.63) is 29.8 Å². The van der Waals surface area contributed by atoms with Crippen LogP contribution in [0, 0.1) is 0 Å². The maximum absolute atomic E-state index is 11.6. The standard InChI is InChI=1S/C15H23NO3/c1-11(2)12-5-7-13(8-6-12)19-9-14(18)16-15(3,4)10-17/h5-8,11,17H,9-10H2,1-4H3,(H,16,18). The summed E-state index contributed by atoms with van der Waals surface area (Å²) in [4.78, 5) is 11.6. The van der Waals surface area contributed by atoms with Gasteiger partial charge in [-0.1, -0.05) is 26.0 Å². The second-order valence-corrected chi connectivity index (χ2v) is 5.60. The molecule has 0 saturated carbocycles. The highest BCUT2D eigenvalue weighted by atomic mass is 16.5. The molecule has 0 radical (unpaired) electrons. The van der Waals surface area contributed by atoms with Gasteiger partial charge in [0, 0.05) is 0 Å². The van der Waals surface area contributed by atoms with Crippen LogP contribution in [0.25, 0.3) is 0 Å². The molecule has 4 nitrogen and oxygen atoms in total. The van der Waals surface area contributed by atoms with Gasteiger partial charge in [-0.05, 0) is 37.5 Å². The van der Waals surface area contributed by atoms with Crippen LogP contribution in [0.4, 0.5) is 0 Å². The first-order chi connectivity index (χ1) is 8.84. The summed E-state index contributed by atoms with van der Waals surface area (Å²) in [6.07, 6.45) is 0. The Labute approximate surface area is 114 Å². The molecule has 1 rings (SSSR count). The summed E-state index contributed by atoms with van der Waals surface area (Å²) in [5.41, 5.74) is 0.611. The molecule has 0 aromatic heterocycles. The average molecular weight is 265 g/mol. The van der Waals surface area contributed by atoms with E-state index in [0.717, 1.165) is 0 Å². The number of amides is 1. The number of ether oxygens (including phenoxy) is 1. The third-order valence-electron chi connectivity index (χ3n) is 2.79. The van der Waals surface area contributed by atoms with Gasteiger partial charge < -0.3 is 15.2 Å². The van der Waals surface area contributed by atoms with Gasteiger partial charge in [0.25, 0.3) is 5.91 Å². The zero-order valence-electron chi connectivity index (χ0n) is 12.1. The molecule has 1 aromatic carbocycles. The maximum Gasteiger partial charge on any atom is 0.258 e. The van der Waals surface area contributed by atoms with Gasteiger partial charge >= 0.3 is 0 Å². The Hall–Kier alpha value is -1.55. The minimum Gasteiger partial charge on any atom is -0.484 e. The zero-order chi connectivity index (χ0) is 14.5. The van der Waals surface area contributed by atoms with Crippen LogP contribution in [0.15, 0.2) is 24.3 Å². The molecule has 2 N–H and O–H groups in total. The van der Waals surface area contributed by atoms with Crippen LogP contribution in [0.5, 0.6) is 5.75 Å². The predicted octanol–water partition coefficient (Wildman–Crippen LogP) is 2.08. The quantitative estimate of drug-likeness (QED) is 0.828. The van der Waals surface area contributed by atoms with Crippen molar-refractivity contribution < 1.29 is 14.6 Å². The van der Waals surface area contributed by atoms with Gasteiger partial charge in [-0.3, -0.25) is 4.79 Å². The van der Waals surface area contributed by atoms with E-state index in [1.54, 1.807) is 13.8 Å². The monoisotopic (exact) mass is 265 g/mol. The molecule has 106 valence electrons. The van der Waals surface area contributed by atoms with Crippen molar-refractivity contribution in [2.45, 2.75) is 39.2 Å². The third kappa shape index (κ3) is 5.30. The Balaban J connectivity index is 2.46. The molecular formula is C15H23NO3. The van der Waals surface area contributed by atoms with E-state index in [1.165, 1.54) is 5.56 Å². The van der Waals surface area contributed by atoms with Crippen molar-refractivity contribution in [2.75, 3.05) is 13.2 Å². The summed E-state index contributed by atoms with van der Waals surface area (Å²) >= 11 is 0. The molecule has 0 fully saturated rings. The third-order valence-corrected chi connectivity index (χ3v) is 2.79. The number of aliphatic hydroxyl groups is 1. The van der Waals surface area contributed by atoms with Crippen LogP contribution in [-0.4, -0.2) is 29.8 Å². The van der Waals surface area contributed by atoms with Crippen molar-refractivity contribution in [3.63, 3.8) is 0 Å². The highest BCUT2D eigenvalue weighted by molar-refractivity contribution is 5.78. The number of carbonyl (C=O) groups excluding carboxylic acids is 1. The molecule has 4 heteroatoms. The zero-order valence-corrected chi connectivity index (χ0v) is 12.1. The van der Waals surface area contributed by atoms with Gasteiger partial charge in [0.15, 0.2) is 6.61 Å². The van der Waals surface area contributed by atoms with E-state index >= 15 is 0 Å². The molecule has 1 amide bonds. The van der Waals surface area contributed by atoms with Crippen molar-refractivity contribution in [3.8, 4) is 5.75 Å². The second kappa shape index (κ2) is 6.57. The van der Waals surface area contributed by atoms with Crippen LogP contribution >= 0.6 is 0 Å². The lowest BCUT2D eigenvalue weighted by Crippen LogP contribution is -2.48. The molecule has 19 heavy (non-hydrogen) atoms. The summed E-state index contributed by atoms with van der Waals surface area (Å²) in [5.74, 6) is 0.899. The molecule has 0 aliphatic carbocycles. The lowest BCUT2D eigenvalue weighted by molar-refractivity contribution is -0.125. The van der Waals surface area contributed by atoms with E-state index in [1.807, 2.05) is 24.3 Å². The molecule has 0 atom stereocenters. The van der Waals surface area contributed by atoms with Gasteiger partial charge in [-0.2, -0.15) is 0 Å². The normalized spacial score (nSPS) is 11.5. The lowest BCUT2D eigenvalue weighted by Gasteiger charge is -2.23. The van der Waals surface area contributed by atoms with Crippen molar-refractivity contribution in [1.29, 1.82) is 0 Å². The number of rotatable bonds is 6. The smallest absolute Gasteiger partial charge is 0.258 e. The summed E-state index contributed by atoms with van der Waals surface area (Å²) < 4.78 is 5.40. The highest BCUT2D eigenvalue weighted by Gasteiger charge is 2.19. The van der Waals surface area contributed by atoms with E-state index in [0.29, 0.717) is 11.7 Å². The van der Waals surface area contributed by atoms with Gasteiger partial charge in [-0.25, -0.2) is 0 Å². The topological polar surface area (TPSA) is 58.6 Å². The summed E-state index contributed by atoms with van der Waals surface area (Å²) in [7, 11) is 0. The van der Waals surface area contributed by atoms with Crippen LogP contribution in [-0.2, 0) is 4.79 Å². The van der Waals surface area contributed by atoms with E-state index in [2.05, 4.69) is 19.2 Å². The molecule has 0 aliphatic heterocycles. The van der Waals surface area contributed by atoms with Gasteiger partial charge in [0.1, 0.15) is 5.75 Å². The summed E-state index contributed by atoms with van der Waals surface area (Å²) in [6, 6.07) is 7.71. The first-order valence-electron chi connectivity index (χ1n) is 6.49. The lowest BCUT2D eigenvalue weighted by atomic mass is 10.0. The van der Waals surface area contributed by atoms with Gasteiger partial charge in [-0.15, -0.1) is 0 Å². The van der Waals surface area contributed by atoms with Crippen molar-refractivity contribution >= 4 is 5.91 Å². The highest BCUT2D eigenvalue weighted by Crippen LogP contribution is 2.18. The molecule has 0 aliphatic rings. The maximum atomic E-state index is 11.6. The van der Waals surface area contributed by atoms with Crippen molar-refractivity contribution in [1.82, 2.24) is 5.32 Å². The fourth-order valence-corrected chi connectivity index (χ4v) is 1.55. The largest absolute Gasteiger partial charge is 0.484 e. The van der Waals surface area contributed by atoms with Crippen LogP contribution < -0.4 is 10.1 Å². The Morgan fingerprint density at radius 3 is 2.37 bits per heavy atom. The Morgan fingerprint density at radius 1 is 1.32 bits per heavy atom. The number of benzene rings is 1. The first kappa shape index (κ1) is 15.5. The predicted molar refractivity (Wildman–Crippen MR) is 75.3 cm³/mol. The van der Waals surface area contributed by atoms with Crippen LogP contribution in [0.1, 0.15) is 39.2 Å². The molecule has 0 unspecified atom stereocenters. The van der Waals surface area contributed by atoms with E-state index < -0.39 is 5.54 Å². The molecular weight excluding hydrogens is 242 g/mol. The summed E-state index contributed by atoms with van der Waals surface area (Å²) in [6.45, 7) is 7.59. The fraction of sp³-hybridized carbons (Fsp3) is 0.533. The number of carbonyl (C=O) groups is 1. The van der Waals surface area contributed by atoms with Gasteiger partial charge in [0.05, 0.1) is 12.1 Å². The first-order valence-corrected chi connectivity index (χ1v) is 6.49. The molecule has 0 heterocycles. The van der Waals surface area contributed by atoms with E-state index in [4.69, 9.17) is 9.84 Å². The minimum atomic E-state index is -0.623. The molecule has 0 saturated heterocycles. The number of nitrogens with one attached hydrogen (secondary N) is 1. The fourth-order valence-electron chi connectivity index (χ4n) is 1.55. The summed E-state index contributed by atoms with van der Waals surface area (Å²) in [5, 5.41) is 11.7. The number of aliphatic hydroxyl groups excluding tert-OH is 1. The van der Waals surface area contributed by atoms with E-state index in [9.17, 15) is 4.79 Å². The van der Waals surface area contributed by atoms with Crippen molar-refractivity contribution in [2.24, 2.45) is 0 Å². The Bertz CT molecular complexity index is 410. The second-order valence-electron chi connectivity index (χ2n) is 5.60. The van der Waals surface area contributed by atoms with E-state index in [-0.39, 0.29) is 19.1 Å². The van der Waals surface area contributed by atoms with Gasteiger partial charge in [0.2, 0.25) is 0 Å². The number of hydrogen-bond acceptors (Lipinski definition) is 3. The minimum absolute atomic E-state index is 0.0511. The SMILES string of the molecule is CC(C)c1ccc(OCC(=O)NC(C)(C)CO)cc1. The number of hydrogen-bond donors (Lipinski definition) is 2. The Kier molecular flexibility index (Phi) is 5.36. The molecule has 0 bridgehead atoms. The molecule has 1 aromatic rings. The van der Waals surface area contributed by atoms with Crippen LogP contribution in [0.3, 0.4) is 0 Å². The Morgan fingerprint density at radius 2 is 1.89 bits per heavy atom. The van der Waals surface area contributed by atoms with Crippen LogP contribution in [0.2, 0.25) is 0 Å².